The predicted molar refractivity (Wildman–Crippen MR) is 122 cm³/mol. The Morgan fingerprint density at radius 3 is 2.38 bits per heavy atom. The Morgan fingerprint density at radius 1 is 1.00 bits per heavy atom. The van der Waals surface area contributed by atoms with E-state index in [2.05, 4.69) is 40.9 Å². The molecule has 6 heteroatoms. The molecule has 2 aromatic carbocycles. The van der Waals surface area contributed by atoms with Crippen LogP contribution in [0.3, 0.4) is 0 Å². The molecule has 0 saturated carbocycles. The largest absolute Gasteiger partial charge is 0.478 e. The summed E-state index contributed by atoms with van der Waals surface area (Å²) in [6, 6.07) is 18.2. The number of nitrogens with zero attached hydrogens (tertiary/aromatic N) is 1. The van der Waals surface area contributed by atoms with Gasteiger partial charge in [0.2, 0.25) is 0 Å². The van der Waals surface area contributed by atoms with Crippen molar-refractivity contribution in [2.45, 2.75) is 42.4 Å². The van der Waals surface area contributed by atoms with Gasteiger partial charge in [0.1, 0.15) is 0 Å². The summed E-state index contributed by atoms with van der Waals surface area (Å²) in [5.74, 6) is -0.00282. The van der Waals surface area contributed by atoms with Crippen LogP contribution in [-0.2, 0) is 18.6 Å². The molecule has 0 fully saturated rings. The Morgan fingerprint density at radius 2 is 1.76 bits per heavy atom. The highest BCUT2D eigenvalue weighted by Gasteiger charge is 2.10. The number of pyridine rings is 1. The van der Waals surface area contributed by atoms with Gasteiger partial charge in [0.15, 0.2) is 0 Å². The second kappa shape index (κ2) is 10.4. The van der Waals surface area contributed by atoms with Crippen LogP contribution in [0, 0.1) is 0 Å². The van der Waals surface area contributed by atoms with E-state index in [0.29, 0.717) is 12.0 Å². The van der Waals surface area contributed by atoms with E-state index in [1.165, 1.54) is 23.1 Å². The molecule has 0 unspecified atom stereocenters. The fourth-order valence-electron chi connectivity index (χ4n) is 2.80. The first kappa shape index (κ1) is 21.3. The Kier molecular flexibility index (Phi) is 7.61. The molecule has 0 aliphatic carbocycles. The number of aromatic nitrogens is 1. The molecular formula is C23H24N2O2S2. The van der Waals surface area contributed by atoms with Gasteiger partial charge in [-0.25, -0.2) is 9.78 Å². The minimum absolute atomic E-state index is 0.358. The molecule has 0 spiro atoms. The Hall–Kier alpha value is -2.44. The number of rotatable bonds is 9. The molecule has 2 N–H and O–H groups in total. The van der Waals surface area contributed by atoms with E-state index < -0.39 is 5.97 Å². The summed E-state index contributed by atoms with van der Waals surface area (Å²) in [6.07, 6.45) is 3.56. The Bertz CT molecular complexity index is 958. The topological polar surface area (TPSA) is 62.2 Å². The summed E-state index contributed by atoms with van der Waals surface area (Å²) in [5.41, 5.74) is 4.72. The van der Waals surface area contributed by atoms with Crippen molar-refractivity contribution in [3.63, 3.8) is 0 Å². The van der Waals surface area contributed by atoms with Crippen molar-refractivity contribution in [3.8, 4) is 0 Å². The summed E-state index contributed by atoms with van der Waals surface area (Å²) < 4.78 is 3.23. The third-order valence-corrected chi connectivity index (χ3v) is 6.38. The molecular weight excluding hydrogens is 400 g/mol. The zero-order chi connectivity index (χ0) is 20.6. The molecule has 150 valence electrons. The maximum absolute atomic E-state index is 11.4. The quantitative estimate of drug-likeness (QED) is 0.310. The van der Waals surface area contributed by atoms with Crippen LogP contribution in [0.2, 0.25) is 0 Å². The van der Waals surface area contributed by atoms with Crippen molar-refractivity contribution in [1.82, 2.24) is 4.98 Å². The molecule has 1 heterocycles. The summed E-state index contributed by atoms with van der Waals surface area (Å²) in [5, 5.41) is 10.3. The maximum atomic E-state index is 11.4. The minimum atomic E-state index is -0.892. The smallest absolute Gasteiger partial charge is 0.336 e. The van der Waals surface area contributed by atoms with Gasteiger partial charge < -0.3 is 9.83 Å². The predicted octanol–water partition coefficient (Wildman–Crippen LogP) is 6.32. The van der Waals surface area contributed by atoms with Gasteiger partial charge in [0.25, 0.3) is 0 Å². The molecule has 0 atom stereocenters. The molecule has 3 rings (SSSR count). The summed E-state index contributed by atoms with van der Waals surface area (Å²) in [6.45, 7) is 4.12. The number of hydrogen-bond donors (Lipinski definition) is 2. The SMILES string of the molecule is CCc1ccc(CSc2ccc(NSc3ccc(CC)c(C(=O)O)c3)cn2)cc1. The molecule has 3 aromatic rings. The number of carboxylic acid groups (broad SMARTS) is 1. The Labute approximate surface area is 180 Å². The average Bonchev–Trinajstić information content (AvgIpc) is 2.77. The standard InChI is InChI=1S/C23H24N2O2S2/c1-3-16-5-7-17(8-6-16)15-28-22-12-10-19(14-24-22)25-29-20-11-9-18(4-2)21(13-20)23(26)27/h5-14,25H,3-4,15H2,1-2H3,(H,26,27). The highest BCUT2D eigenvalue weighted by atomic mass is 32.2. The first-order chi connectivity index (χ1) is 14.1. The van der Waals surface area contributed by atoms with Crippen molar-refractivity contribution >= 4 is 35.4 Å². The van der Waals surface area contributed by atoms with Crippen molar-refractivity contribution in [2.75, 3.05) is 4.72 Å². The molecule has 0 radical (unpaired) electrons. The van der Waals surface area contributed by atoms with Gasteiger partial charge in [-0.05, 0) is 65.7 Å². The molecule has 0 bridgehead atoms. The average molecular weight is 425 g/mol. The number of aryl methyl sites for hydroxylation is 2. The lowest BCUT2D eigenvalue weighted by Gasteiger charge is -2.09. The summed E-state index contributed by atoms with van der Waals surface area (Å²) in [4.78, 5) is 16.8. The number of thioether (sulfide) groups is 1. The third-order valence-electron chi connectivity index (χ3n) is 4.53. The van der Waals surface area contributed by atoms with E-state index in [4.69, 9.17) is 0 Å². The van der Waals surface area contributed by atoms with E-state index >= 15 is 0 Å². The first-order valence-corrected chi connectivity index (χ1v) is 11.3. The van der Waals surface area contributed by atoms with Gasteiger partial charge in [-0.15, -0.1) is 11.8 Å². The van der Waals surface area contributed by atoms with Crippen LogP contribution in [0.25, 0.3) is 0 Å². The second-order valence-electron chi connectivity index (χ2n) is 6.53. The molecule has 4 nitrogen and oxygen atoms in total. The first-order valence-electron chi connectivity index (χ1n) is 9.54. The number of aromatic carboxylic acids is 1. The minimum Gasteiger partial charge on any atom is -0.478 e. The highest BCUT2D eigenvalue weighted by Crippen LogP contribution is 2.26. The molecule has 0 aliphatic heterocycles. The van der Waals surface area contributed by atoms with Crippen LogP contribution in [0.1, 0.15) is 40.9 Å². The number of anilines is 1. The van der Waals surface area contributed by atoms with Crippen LogP contribution in [0.5, 0.6) is 0 Å². The fraction of sp³-hybridized carbons (Fsp3) is 0.217. The monoisotopic (exact) mass is 424 g/mol. The third kappa shape index (κ3) is 6.02. The maximum Gasteiger partial charge on any atom is 0.336 e. The van der Waals surface area contributed by atoms with Crippen molar-refractivity contribution in [1.29, 1.82) is 0 Å². The van der Waals surface area contributed by atoms with Gasteiger partial charge >= 0.3 is 5.97 Å². The van der Waals surface area contributed by atoms with Gasteiger partial charge in [0.05, 0.1) is 22.5 Å². The lowest BCUT2D eigenvalue weighted by atomic mass is 10.1. The number of nitrogens with one attached hydrogen (secondary N) is 1. The van der Waals surface area contributed by atoms with Crippen molar-refractivity contribution in [2.24, 2.45) is 0 Å². The molecule has 1 aromatic heterocycles. The lowest BCUT2D eigenvalue weighted by Crippen LogP contribution is -2.02. The van der Waals surface area contributed by atoms with Crippen LogP contribution in [0.4, 0.5) is 5.69 Å². The second-order valence-corrected chi connectivity index (χ2v) is 8.40. The van der Waals surface area contributed by atoms with Crippen molar-refractivity contribution < 1.29 is 9.90 Å². The fourth-order valence-corrected chi connectivity index (χ4v) is 4.27. The van der Waals surface area contributed by atoms with Gasteiger partial charge in [0, 0.05) is 10.6 Å². The Balaban J connectivity index is 1.55. The zero-order valence-electron chi connectivity index (χ0n) is 16.5. The number of carboxylic acids is 1. The normalized spacial score (nSPS) is 10.7. The van der Waals surface area contributed by atoms with E-state index in [0.717, 1.165) is 33.3 Å². The molecule has 29 heavy (non-hydrogen) atoms. The molecule has 0 aliphatic rings. The van der Waals surface area contributed by atoms with E-state index in [-0.39, 0.29) is 0 Å². The van der Waals surface area contributed by atoms with Crippen LogP contribution in [0.15, 0.2) is 70.7 Å². The molecule has 0 saturated heterocycles. The van der Waals surface area contributed by atoms with Crippen LogP contribution >= 0.6 is 23.7 Å². The summed E-state index contributed by atoms with van der Waals surface area (Å²) >= 11 is 3.09. The van der Waals surface area contributed by atoms with Crippen LogP contribution < -0.4 is 4.72 Å². The van der Waals surface area contributed by atoms with Gasteiger partial charge in [-0.3, -0.25) is 0 Å². The van der Waals surface area contributed by atoms with E-state index in [1.807, 2.05) is 31.2 Å². The van der Waals surface area contributed by atoms with Crippen LogP contribution in [-0.4, -0.2) is 16.1 Å². The van der Waals surface area contributed by atoms with E-state index in [9.17, 15) is 9.90 Å². The number of carbonyl (C=O) groups is 1. The highest BCUT2D eigenvalue weighted by molar-refractivity contribution is 8.00. The number of hydrogen-bond acceptors (Lipinski definition) is 5. The van der Waals surface area contributed by atoms with Gasteiger partial charge in [-0.2, -0.15) is 0 Å². The van der Waals surface area contributed by atoms with Gasteiger partial charge in [-0.1, -0.05) is 44.2 Å². The van der Waals surface area contributed by atoms with E-state index in [1.54, 1.807) is 24.0 Å². The lowest BCUT2D eigenvalue weighted by molar-refractivity contribution is 0.0695. The van der Waals surface area contributed by atoms with Crippen molar-refractivity contribution in [3.05, 3.63) is 83.0 Å². The zero-order valence-corrected chi connectivity index (χ0v) is 18.1. The molecule has 0 amide bonds. The summed E-state index contributed by atoms with van der Waals surface area (Å²) in [7, 11) is 0. The number of benzene rings is 2.